The molecule has 0 fully saturated rings. The van der Waals surface area contributed by atoms with Crippen molar-refractivity contribution in [3.05, 3.63) is 66.5 Å². The molecule has 3 rings (SSSR count). The first-order valence-corrected chi connectivity index (χ1v) is 8.04. The summed E-state index contributed by atoms with van der Waals surface area (Å²) < 4.78 is 2.22. The Balaban J connectivity index is 1.97. The van der Waals surface area contributed by atoms with Crippen LogP contribution < -0.4 is 0 Å². The highest BCUT2D eigenvalue weighted by Gasteiger charge is 2.15. The average Bonchev–Trinajstić information content (AvgIpc) is 2.88. The molecule has 1 N–H and O–H groups in total. The normalized spacial score (nSPS) is 11.4. The summed E-state index contributed by atoms with van der Waals surface area (Å²) in [7, 11) is 2.08. The number of rotatable bonds is 6. The number of hydrogen-bond donors (Lipinski definition) is 1. The van der Waals surface area contributed by atoms with Gasteiger partial charge in [0.25, 0.3) is 0 Å². The van der Waals surface area contributed by atoms with Crippen LogP contribution in [0, 0.1) is 0 Å². The second-order valence-corrected chi connectivity index (χ2v) is 5.78. The molecule has 0 bridgehead atoms. The van der Waals surface area contributed by atoms with Gasteiger partial charge < -0.3 is 9.67 Å². The lowest BCUT2D eigenvalue weighted by Crippen LogP contribution is -1.95. The molecule has 122 valence electrons. The third-order valence-electron chi connectivity index (χ3n) is 4.20. The number of benzene rings is 1. The number of aliphatic carboxylic acids is 1. The monoisotopic (exact) mass is 320 g/mol. The quantitative estimate of drug-likeness (QED) is 0.547. The number of carboxylic acids is 1. The molecular weight excluding hydrogens is 300 g/mol. The van der Waals surface area contributed by atoms with Crippen molar-refractivity contribution in [2.24, 2.45) is 7.05 Å². The van der Waals surface area contributed by atoms with E-state index in [9.17, 15) is 4.79 Å². The van der Waals surface area contributed by atoms with Crippen LogP contribution in [-0.4, -0.2) is 20.6 Å². The molecule has 0 saturated carbocycles. The van der Waals surface area contributed by atoms with E-state index in [1.54, 1.807) is 12.3 Å². The van der Waals surface area contributed by atoms with Crippen molar-refractivity contribution >= 4 is 16.9 Å². The summed E-state index contributed by atoms with van der Waals surface area (Å²) in [4.78, 5) is 14.8. The predicted molar refractivity (Wildman–Crippen MR) is 95.9 cm³/mol. The van der Waals surface area contributed by atoms with Crippen molar-refractivity contribution in [2.45, 2.75) is 19.3 Å². The highest BCUT2D eigenvalue weighted by atomic mass is 16.4. The van der Waals surface area contributed by atoms with Gasteiger partial charge in [0.05, 0.1) is 5.69 Å². The van der Waals surface area contributed by atoms with Gasteiger partial charge in [-0.25, -0.2) is 4.79 Å². The Morgan fingerprint density at radius 2 is 2.08 bits per heavy atom. The smallest absolute Gasteiger partial charge is 0.327 e. The number of aromatic nitrogens is 2. The Labute approximate surface area is 141 Å². The van der Waals surface area contributed by atoms with Gasteiger partial charge in [-0.05, 0) is 43.0 Å². The first-order chi connectivity index (χ1) is 11.7. The SMILES string of the molecule is Cn1c(-c2cccnc2)c(CCCC=CC(=O)O)c2ccccc21. The van der Waals surface area contributed by atoms with Crippen molar-refractivity contribution in [3.8, 4) is 11.3 Å². The van der Waals surface area contributed by atoms with Crippen molar-refractivity contribution in [1.29, 1.82) is 0 Å². The lowest BCUT2D eigenvalue weighted by molar-refractivity contribution is -0.131. The minimum absolute atomic E-state index is 0.752. The molecule has 0 atom stereocenters. The summed E-state index contributed by atoms with van der Waals surface area (Å²) in [5.74, 6) is -0.892. The molecule has 0 amide bonds. The van der Waals surface area contributed by atoms with E-state index in [1.807, 2.05) is 12.3 Å². The average molecular weight is 320 g/mol. The maximum atomic E-state index is 10.6. The van der Waals surface area contributed by atoms with Crippen molar-refractivity contribution in [2.75, 3.05) is 0 Å². The summed E-state index contributed by atoms with van der Waals surface area (Å²) in [6.45, 7) is 0. The summed E-state index contributed by atoms with van der Waals surface area (Å²) in [5, 5.41) is 9.92. The zero-order valence-corrected chi connectivity index (χ0v) is 13.6. The third-order valence-corrected chi connectivity index (χ3v) is 4.20. The predicted octanol–water partition coefficient (Wildman–Crippen LogP) is 4.20. The minimum Gasteiger partial charge on any atom is -0.478 e. The Morgan fingerprint density at radius 3 is 2.83 bits per heavy atom. The fourth-order valence-electron chi connectivity index (χ4n) is 3.18. The molecule has 2 heterocycles. The summed E-state index contributed by atoms with van der Waals surface area (Å²) in [5.41, 5.74) is 4.79. The minimum atomic E-state index is -0.892. The molecule has 0 aliphatic rings. The Kier molecular flexibility index (Phi) is 4.75. The lowest BCUT2D eigenvalue weighted by atomic mass is 10.0. The topological polar surface area (TPSA) is 55.1 Å². The molecule has 0 saturated heterocycles. The number of hydrogen-bond acceptors (Lipinski definition) is 2. The molecule has 4 heteroatoms. The third kappa shape index (κ3) is 3.23. The van der Waals surface area contributed by atoms with Gasteiger partial charge >= 0.3 is 5.97 Å². The van der Waals surface area contributed by atoms with E-state index in [0.29, 0.717) is 0 Å². The van der Waals surface area contributed by atoms with Crippen molar-refractivity contribution in [1.82, 2.24) is 9.55 Å². The molecule has 4 nitrogen and oxygen atoms in total. The second-order valence-electron chi connectivity index (χ2n) is 5.78. The Morgan fingerprint density at radius 1 is 1.25 bits per heavy atom. The van der Waals surface area contributed by atoms with Gasteiger partial charge in [-0.15, -0.1) is 0 Å². The maximum Gasteiger partial charge on any atom is 0.327 e. The number of aryl methyl sites for hydroxylation is 2. The molecule has 0 unspecified atom stereocenters. The molecule has 3 aromatic rings. The van der Waals surface area contributed by atoms with Crippen LogP contribution in [0.15, 0.2) is 60.9 Å². The molecule has 0 radical (unpaired) electrons. The molecule has 0 spiro atoms. The maximum absolute atomic E-state index is 10.6. The fourth-order valence-corrected chi connectivity index (χ4v) is 3.18. The van der Waals surface area contributed by atoms with Crippen LogP contribution in [0.3, 0.4) is 0 Å². The van der Waals surface area contributed by atoms with Crippen LogP contribution in [0.4, 0.5) is 0 Å². The number of fused-ring (bicyclic) bond motifs is 1. The summed E-state index contributed by atoms with van der Waals surface area (Å²) in [6.07, 6.45) is 9.16. The van der Waals surface area contributed by atoms with Crippen molar-refractivity contribution in [3.63, 3.8) is 0 Å². The molecular formula is C20H20N2O2. The lowest BCUT2D eigenvalue weighted by Gasteiger charge is -2.07. The second kappa shape index (κ2) is 7.13. The van der Waals surface area contributed by atoms with Gasteiger partial charge in [-0.2, -0.15) is 0 Å². The first-order valence-electron chi connectivity index (χ1n) is 8.04. The summed E-state index contributed by atoms with van der Waals surface area (Å²) >= 11 is 0. The van der Waals surface area contributed by atoms with Crippen LogP contribution >= 0.6 is 0 Å². The van der Waals surface area contributed by atoms with Gasteiger partial charge in [0.15, 0.2) is 0 Å². The molecule has 0 aliphatic carbocycles. The number of para-hydroxylation sites is 1. The number of nitrogens with zero attached hydrogens (tertiary/aromatic N) is 2. The van der Waals surface area contributed by atoms with Gasteiger partial charge in [0.2, 0.25) is 0 Å². The van der Waals surface area contributed by atoms with Gasteiger partial charge in [0, 0.05) is 42.0 Å². The van der Waals surface area contributed by atoms with E-state index in [4.69, 9.17) is 5.11 Å². The van der Waals surface area contributed by atoms with Gasteiger partial charge in [0.1, 0.15) is 0 Å². The van der Waals surface area contributed by atoms with Crippen LogP contribution in [0.5, 0.6) is 0 Å². The number of unbranched alkanes of at least 4 members (excludes halogenated alkanes) is 1. The summed E-state index contributed by atoms with van der Waals surface area (Å²) in [6, 6.07) is 12.4. The van der Waals surface area contributed by atoms with Gasteiger partial charge in [-0.1, -0.05) is 24.3 Å². The molecule has 1 aromatic carbocycles. The van der Waals surface area contributed by atoms with Crippen LogP contribution in [0.1, 0.15) is 18.4 Å². The molecule has 0 aliphatic heterocycles. The van der Waals surface area contributed by atoms with E-state index >= 15 is 0 Å². The van der Waals surface area contributed by atoms with E-state index in [2.05, 4.69) is 46.9 Å². The fraction of sp³-hybridized carbons (Fsp3) is 0.200. The molecule has 2 aromatic heterocycles. The number of pyridine rings is 1. The van der Waals surface area contributed by atoms with Gasteiger partial charge in [-0.3, -0.25) is 4.98 Å². The van der Waals surface area contributed by atoms with Crippen LogP contribution in [0.25, 0.3) is 22.2 Å². The van der Waals surface area contributed by atoms with Crippen LogP contribution in [-0.2, 0) is 18.3 Å². The van der Waals surface area contributed by atoms with Crippen LogP contribution in [0.2, 0.25) is 0 Å². The van der Waals surface area contributed by atoms with E-state index < -0.39 is 5.97 Å². The Bertz CT molecular complexity index is 879. The highest BCUT2D eigenvalue weighted by Crippen LogP contribution is 2.33. The number of carbonyl (C=O) groups is 1. The zero-order chi connectivity index (χ0) is 16.9. The first kappa shape index (κ1) is 16.0. The van der Waals surface area contributed by atoms with Crippen molar-refractivity contribution < 1.29 is 9.90 Å². The van der Waals surface area contributed by atoms with E-state index in [0.717, 1.165) is 24.8 Å². The standard InChI is InChI=1S/C20H20N2O2/c1-22-18-11-6-5-9-16(18)17(10-3-2-4-12-19(23)24)20(22)15-8-7-13-21-14-15/h4-9,11-14H,2-3,10H2,1H3,(H,23,24). The highest BCUT2D eigenvalue weighted by molar-refractivity contribution is 5.91. The Hall–Kier alpha value is -2.88. The number of carboxylic acid groups (broad SMARTS) is 1. The number of allylic oxidation sites excluding steroid dienone is 1. The largest absolute Gasteiger partial charge is 0.478 e. The zero-order valence-electron chi connectivity index (χ0n) is 13.6. The van der Waals surface area contributed by atoms with E-state index in [1.165, 1.54) is 28.2 Å². The molecule has 24 heavy (non-hydrogen) atoms. The van der Waals surface area contributed by atoms with E-state index in [-0.39, 0.29) is 0 Å².